The van der Waals surface area contributed by atoms with Gasteiger partial charge in [0.25, 0.3) is 5.56 Å². The summed E-state index contributed by atoms with van der Waals surface area (Å²) in [6.45, 7) is 7.32. The predicted molar refractivity (Wildman–Crippen MR) is 134 cm³/mol. The molecule has 0 aliphatic carbocycles. The lowest BCUT2D eigenvalue weighted by Crippen LogP contribution is -2.44. The van der Waals surface area contributed by atoms with Crippen molar-refractivity contribution in [2.45, 2.75) is 38.6 Å². The number of piperazine rings is 1. The minimum atomic E-state index is -1.85. The van der Waals surface area contributed by atoms with Gasteiger partial charge in [-0.3, -0.25) is 9.69 Å². The molecule has 10 heteroatoms. The zero-order valence-corrected chi connectivity index (χ0v) is 20.6. The van der Waals surface area contributed by atoms with Crippen LogP contribution in [0.1, 0.15) is 35.6 Å². The van der Waals surface area contributed by atoms with Crippen molar-refractivity contribution in [1.29, 1.82) is 0 Å². The molecule has 192 valence electrons. The molecule has 4 aliphatic heterocycles. The van der Waals surface area contributed by atoms with Crippen molar-refractivity contribution in [3.05, 3.63) is 50.8 Å². The molecule has 0 amide bonds. The summed E-state index contributed by atoms with van der Waals surface area (Å²) in [5.41, 5.74) is 2.70. The number of pyridine rings is 2. The highest BCUT2D eigenvalue weighted by Gasteiger charge is 2.45. The maximum absolute atomic E-state index is 13.7. The van der Waals surface area contributed by atoms with Gasteiger partial charge in [0.1, 0.15) is 19.8 Å². The van der Waals surface area contributed by atoms with Crippen molar-refractivity contribution >= 4 is 16.9 Å². The Hall–Kier alpha value is -3.47. The number of aliphatic hydroxyl groups is 1. The second-order valence-corrected chi connectivity index (χ2v) is 10.1. The van der Waals surface area contributed by atoms with Gasteiger partial charge in [0.15, 0.2) is 17.1 Å². The molecule has 0 unspecified atom stereocenters. The second-order valence-electron chi connectivity index (χ2n) is 10.1. The van der Waals surface area contributed by atoms with Crippen LogP contribution in [0.3, 0.4) is 0 Å². The Balaban J connectivity index is 1.46. The van der Waals surface area contributed by atoms with E-state index in [-0.39, 0.29) is 18.6 Å². The number of hydrogen-bond acceptors (Lipinski definition) is 9. The van der Waals surface area contributed by atoms with Crippen LogP contribution in [0, 0.1) is 0 Å². The van der Waals surface area contributed by atoms with Gasteiger partial charge < -0.3 is 29.2 Å². The van der Waals surface area contributed by atoms with Gasteiger partial charge in [-0.15, -0.1) is 0 Å². The topological polar surface area (TPSA) is 115 Å². The summed E-state index contributed by atoms with van der Waals surface area (Å²) in [5.74, 6) is 0.636. The van der Waals surface area contributed by atoms with Crippen molar-refractivity contribution in [3.8, 4) is 22.9 Å². The Bertz CT molecular complexity index is 1530. The third-order valence-corrected chi connectivity index (χ3v) is 8.06. The lowest BCUT2D eigenvalue weighted by atomic mass is 9.86. The first-order valence-electron chi connectivity index (χ1n) is 12.8. The summed E-state index contributed by atoms with van der Waals surface area (Å²) in [6.07, 6.45) is 0.109. The number of hydrogen-bond donors (Lipinski definition) is 2. The van der Waals surface area contributed by atoms with Crippen LogP contribution < -0.4 is 20.3 Å². The molecule has 0 saturated carbocycles. The summed E-state index contributed by atoms with van der Waals surface area (Å²) in [4.78, 5) is 33.6. The fourth-order valence-corrected chi connectivity index (χ4v) is 5.97. The smallest absolute Gasteiger partial charge is 0.343 e. The maximum atomic E-state index is 13.7. The molecule has 1 fully saturated rings. The number of nitrogens with zero attached hydrogens (tertiary/aromatic N) is 3. The fourth-order valence-electron chi connectivity index (χ4n) is 5.97. The molecule has 1 saturated heterocycles. The van der Waals surface area contributed by atoms with Gasteiger partial charge in [0.2, 0.25) is 0 Å². The average Bonchev–Trinajstić information content (AvgIpc) is 3.29. The van der Waals surface area contributed by atoms with Gasteiger partial charge in [0, 0.05) is 55.3 Å². The molecule has 3 aromatic rings. The fraction of sp³-hybridized carbons (Fsp3) is 0.444. The molecule has 0 radical (unpaired) electrons. The summed E-state index contributed by atoms with van der Waals surface area (Å²) in [5, 5.41) is 15.6. The van der Waals surface area contributed by atoms with Gasteiger partial charge in [0.05, 0.1) is 29.0 Å². The van der Waals surface area contributed by atoms with Crippen LogP contribution in [-0.2, 0) is 34.8 Å². The van der Waals surface area contributed by atoms with Gasteiger partial charge in [-0.2, -0.15) is 0 Å². The first-order valence-corrected chi connectivity index (χ1v) is 12.8. The lowest BCUT2D eigenvalue weighted by molar-refractivity contribution is -0.172. The highest BCUT2D eigenvalue weighted by atomic mass is 16.6. The molecule has 1 aromatic carbocycles. The number of carbonyl (C=O) groups is 1. The number of benzene rings is 1. The minimum Gasteiger partial charge on any atom is -0.486 e. The van der Waals surface area contributed by atoms with Crippen LogP contribution in [-0.4, -0.2) is 64.9 Å². The molecular formula is C27H28N4O6. The first-order chi connectivity index (χ1) is 18.0. The lowest BCUT2D eigenvalue weighted by Gasteiger charge is -2.31. The van der Waals surface area contributed by atoms with Crippen LogP contribution >= 0.6 is 0 Å². The molecule has 2 N–H and O–H groups in total. The zero-order chi connectivity index (χ0) is 25.3. The summed E-state index contributed by atoms with van der Waals surface area (Å²) in [7, 11) is 0. The number of cyclic esters (lactones) is 1. The molecule has 0 spiro atoms. The van der Waals surface area contributed by atoms with E-state index in [0.717, 1.165) is 48.2 Å². The summed E-state index contributed by atoms with van der Waals surface area (Å²) in [6, 6.07) is 5.68. The standard InChI is InChI=1S/C27H28N4O6/c1-2-27(34)19-10-21-24-17(13-31(21)25(32)18(19)14-37-26(27)33)16(12-30-5-3-28-4-6-30)15-9-22-23(11-20(15)29-24)36-8-7-35-22/h9-11,28,34H,2-8,12-14H2,1H3/t27-/m0/s1. The van der Waals surface area contributed by atoms with E-state index in [2.05, 4.69) is 10.2 Å². The summed E-state index contributed by atoms with van der Waals surface area (Å²) < 4.78 is 18.6. The van der Waals surface area contributed by atoms with Crippen LogP contribution in [0.2, 0.25) is 0 Å². The van der Waals surface area contributed by atoms with E-state index >= 15 is 0 Å². The van der Waals surface area contributed by atoms with Crippen LogP contribution in [0.15, 0.2) is 23.0 Å². The monoisotopic (exact) mass is 504 g/mol. The molecule has 1 atom stereocenters. The third kappa shape index (κ3) is 3.32. The molecule has 10 nitrogen and oxygen atoms in total. The molecule has 4 aliphatic rings. The Morgan fingerprint density at radius 3 is 2.57 bits per heavy atom. The minimum absolute atomic E-state index is 0.109. The molecule has 6 heterocycles. The molecule has 37 heavy (non-hydrogen) atoms. The number of carbonyl (C=O) groups excluding carboxylic acids is 1. The Labute approximate surface area is 212 Å². The normalized spacial score (nSPS) is 22.4. The zero-order valence-electron chi connectivity index (χ0n) is 20.6. The second kappa shape index (κ2) is 8.27. The Morgan fingerprint density at radius 1 is 1.05 bits per heavy atom. The summed E-state index contributed by atoms with van der Waals surface area (Å²) >= 11 is 0. The number of rotatable bonds is 3. The molecule has 2 aromatic heterocycles. The van der Waals surface area contributed by atoms with Crippen LogP contribution in [0.5, 0.6) is 11.5 Å². The van der Waals surface area contributed by atoms with E-state index in [0.29, 0.717) is 60.3 Å². The number of nitrogens with one attached hydrogen (secondary N) is 1. The third-order valence-electron chi connectivity index (χ3n) is 8.06. The first kappa shape index (κ1) is 22.7. The van der Waals surface area contributed by atoms with Crippen molar-refractivity contribution < 1.29 is 24.1 Å². The quantitative estimate of drug-likeness (QED) is 0.398. The Morgan fingerprint density at radius 2 is 1.81 bits per heavy atom. The van der Waals surface area contributed by atoms with Crippen LogP contribution in [0.25, 0.3) is 22.3 Å². The highest BCUT2D eigenvalue weighted by Crippen LogP contribution is 2.43. The number of fused-ring (bicyclic) bond motifs is 6. The van der Waals surface area contributed by atoms with Gasteiger partial charge in [-0.25, -0.2) is 9.78 Å². The Kier molecular flexibility index (Phi) is 5.08. The van der Waals surface area contributed by atoms with E-state index in [1.165, 1.54) is 0 Å². The van der Waals surface area contributed by atoms with Gasteiger partial charge in [-0.1, -0.05) is 6.92 Å². The predicted octanol–water partition coefficient (Wildman–Crippen LogP) is 1.26. The van der Waals surface area contributed by atoms with Crippen LogP contribution in [0.4, 0.5) is 0 Å². The number of aromatic nitrogens is 2. The molecule has 0 bridgehead atoms. The largest absolute Gasteiger partial charge is 0.486 e. The van der Waals surface area contributed by atoms with Crippen molar-refractivity contribution in [1.82, 2.24) is 19.8 Å². The van der Waals surface area contributed by atoms with Gasteiger partial charge in [-0.05, 0) is 24.1 Å². The van der Waals surface area contributed by atoms with Crippen molar-refractivity contribution in [3.63, 3.8) is 0 Å². The van der Waals surface area contributed by atoms with E-state index in [1.54, 1.807) is 17.6 Å². The average molecular weight is 505 g/mol. The SMILES string of the molecule is CC[C@@]1(O)C(=O)OCc2c1cc1n(c2=O)Cc2c-1nc1cc3c(cc1c2CN1CCNCC1)OCCO3. The maximum Gasteiger partial charge on any atom is 0.343 e. The van der Waals surface area contributed by atoms with Crippen molar-refractivity contribution in [2.75, 3.05) is 39.4 Å². The number of ether oxygens (including phenoxy) is 3. The van der Waals surface area contributed by atoms with Crippen molar-refractivity contribution in [2.24, 2.45) is 0 Å². The van der Waals surface area contributed by atoms with Gasteiger partial charge >= 0.3 is 5.97 Å². The van der Waals surface area contributed by atoms with E-state index in [1.807, 2.05) is 12.1 Å². The molecule has 7 rings (SSSR count). The number of esters is 1. The van der Waals surface area contributed by atoms with E-state index in [9.17, 15) is 14.7 Å². The van der Waals surface area contributed by atoms with E-state index < -0.39 is 11.6 Å². The van der Waals surface area contributed by atoms with E-state index in [4.69, 9.17) is 19.2 Å². The molecular weight excluding hydrogens is 476 g/mol. The highest BCUT2D eigenvalue weighted by molar-refractivity contribution is 5.91.